The molecule has 0 aromatic carbocycles. The second-order valence-electron chi connectivity index (χ2n) is 18.9. The molecule has 2 atom stereocenters. The summed E-state index contributed by atoms with van der Waals surface area (Å²) in [5, 5.41) is 0. The van der Waals surface area contributed by atoms with Gasteiger partial charge in [0.15, 0.2) is 6.10 Å². The molecular formula is C53H102O6. The Morgan fingerprint density at radius 2 is 0.644 bits per heavy atom. The highest BCUT2D eigenvalue weighted by Crippen LogP contribution is 2.18. The van der Waals surface area contributed by atoms with Gasteiger partial charge >= 0.3 is 17.9 Å². The minimum absolute atomic E-state index is 0.0641. The summed E-state index contributed by atoms with van der Waals surface area (Å²) in [5.41, 5.74) is 0. The molecule has 6 nitrogen and oxygen atoms in total. The van der Waals surface area contributed by atoms with Gasteiger partial charge in [0, 0.05) is 19.3 Å². The first kappa shape index (κ1) is 57.4. The third-order valence-corrected chi connectivity index (χ3v) is 12.3. The average Bonchev–Trinajstić information content (AvgIpc) is 3.22. The Morgan fingerprint density at radius 1 is 0.356 bits per heavy atom. The highest BCUT2D eigenvalue weighted by Gasteiger charge is 2.19. The zero-order valence-electron chi connectivity index (χ0n) is 40.4. The molecule has 0 spiro atoms. The van der Waals surface area contributed by atoms with Crippen LogP contribution in [0.4, 0.5) is 0 Å². The van der Waals surface area contributed by atoms with Gasteiger partial charge in [0.1, 0.15) is 13.2 Å². The Kier molecular flexibility index (Phi) is 44.7. The number of rotatable bonds is 47. The third kappa shape index (κ3) is 45.8. The standard InChI is InChI=1S/C53H102O6/c1-6-8-9-10-11-12-13-14-15-16-17-18-23-30-35-40-45-53(56)59-50(47-58-52(55)44-39-34-29-25-24-27-32-37-42-49(5)7-2)46-57-51(54)43-38-33-28-22-20-19-21-26-31-36-41-48(3)4/h48-50H,6-47H2,1-5H3/t49?,50-/m0/s1. The lowest BCUT2D eigenvalue weighted by Gasteiger charge is -2.18. The first-order valence-corrected chi connectivity index (χ1v) is 26.3. The van der Waals surface area contributed by atoms with Crippen molar-refractivity contribution in [2.75, 3.05) is 13.2 Å². The molecule has 350 valence electrons. The van der Waals surface area contributed by atoms with Gasteiger partial charge in [0.05, 0.1) is 0 Å². The van der Waals surface area contributed by atoms with Crippen molar-refractivity contribution in [1.82, 2.24) is 0 Å². The highest BCUT2D eigenvalue weighted by molar-refractivity contribution is 5.71. The van der Waals surface area contributed by atoms with Crippen LogP contribution >= 0.6 is 0 Å². The summed E-state index contributed by atoms with van der Waals surface area (Å²) in [6.07, 6.45) is 46.5. The smallest absolute Gasteiger partial charge is 0.306 e. The number of carbonyl (C=O) groups excluding carboxylic acids is 3. The first-order valence-electron chi connectivity index (χ1n) is 26.3. The maximum atomic E-state index is 12.8. The van der Waals surface area contributed by atoms with Crippen LogP contribution in [0.3, 0.4) is 0 Å². The normalized spacial score (nSPS) is 12.5. The molecule has 0 heterocycles. The summed E-state index contributed by atoms with van der Waals surface area (Å²) >= 11 is 0. The summed E-state index contributed by atoms with van der Waals surface area (Å²) in [4.78, 5) is 38.0. The second-order valence-corrected chi connectivity index (χ2v) is 18.9. The lowest BCUT2D eigenvalue weighted by molar-refractivity contribution is -0.167. The van der Waals surface area contributed by atoms with E-state index in [-0.39, 0.29) is 31.1 Å². The molecule has 0 fully saturated rings. The molecule has 0 saturated carbocycles. The van der Waals surface area contributed by atoms with Gasteiger partial charge in [-0.2, -0.15) is 0 Å². The van der Waals surface area contributed by atoms with E-state index in [1.165, 1.54) is 180 Å². The Labute approximate surface area is 368 Å². The first-order chi connectivity index (χ1) is 28.8. The van der Waals surface area contributed by atoms with Crippen LogP contribution in [0.1, 0.15) is 291 Å². The zero-order valence-corrected chi connectivity index (χ0v) is 40.4. The van der Waals surface area contributed by atoms with E-state index in [0.29, 0.717) is 19.3 Å². The molecule has 0 aromatic rings. The quantitative estimate of drug-likeness (QED) is 0.0345. The van der Waals surface area contributed by atoms with Crippen LogP contribution < -0.4 is 0 Å². The Hall–Kier alpha value is -1.59. The van der Waals surface area contributed by atoms with Gasteiger partial charge in [0.25, 0.3) is 0 Å². The predicted molar refractivity (Wildman–Crippen MR) is 252 cm³/mol. The van der Waals surface area contributed by atoms with Crippen molar-refractivity contribution in [3.63, 3.8) is 0 Å². The largest absolute Gasteiger partial charge is 0.462 e. The molecular weight excluding hydrogens is 733 g/mol. The molecule has 0 aliphatic carbocycles. The van der Waals surface area contributed by atoms with Crippen LogP contribution in [-0.2, 0) is 28.6 Å². The average molecular weight is 835 g/mol. The predicted octanol–water partition coefficient (Wildman–Crippen LogP) is 16.9. The molecule has 0 aliphatic rings. The summed E-state index contributed by atoms with van der Waals surface area (Å²) < 4.78 is 16.8. The van der Waals surface area contributed by atoms with Crippen molar-refractivity contribution in [1.29, 1.82) is 0 Å². The van der Waals surface area contributed by atoms with Crippen molar-refractivity contribution in [3.05, 3.63) is 0 Å². The molecule has 0 radical (unpaired) electrons. The van der Waals surface area contributed by atoms with E-state index >= 15 is 0 Å². The van der Waals surface area contributed by atoms with Gasteiger partial charge in [-0.25, -0.2) is 0 Å². The Balaban J connectivity index is 4.32. The maximum Gasteiger partial charge on any atom is 0.306 e. The van der Waals surface area contributed by atoms with Crippen LogP contribution in [0.2, 0.25) is 0 Å². The fourth-order valence-electron chi connectivity index (χ4n) is 7.96. The molecule has 59 heavy (non-hydrogen) atoms. The number of unbranched alkanes of at least 4 members (excludes halogenated alkanes) is 31. The second kappa shape index (κ2) is 45.9. The summed E-state index contributed by atoms with van der Waals surface area (Å²) in [6, 6.07) is 0. The van der Waals surface area contributed by atoms with Gasteiger partial charge in [-0.05, 0) is 31.1 Å². The van der Waals surface area contributed by atoms with E-state index in [0.717, 1.165) is 69.6 Å². The summed E-state index contributed by atoms with van der Waals surface area (Å²) in [6.45, 7) is 11.4. The van der Waals surface area contributed by atoms with Crippen molar-refractivity contribution in [2.45, 2.75) is 298 Å². The third-order valence-electron chi connectivity index (χ3n) is 12.3. The van der Waals surface area contributed by atoms with Crippen LogP contribution in [0.5, 0.6) is 0 Å². The van der Waals surface area contributed by atoms with Gasteiger partial charge in [-0.3, -0.25) is 14.4 Å². The monoisotopic (exact) mass is 835 g/mol. The van der Waals surface area contributed by atoms with Crippen molar-refractivity contribution in [2.24, 2.45) is 11.8 Å². The van der Waals surface area contributed by atoms with Crippen molar-refractivity contribution < 1.29 is 28.6 Å². The van der Waals surface area contributed by atoms with Crippen molar-refractivity contribution >= 4 is 17.9 Å². The molecule has 0 aliphatic heterocycles. The molecule has 0 aromatic heterocycles. The Bertz CT molecular complexity index is 902. The minimum Gasteiger partial charge on any atom is -0.462 e. The molecule has 0 N–H and O–H groups in total. The molecule has 0 bridgehead atoms. The van der Waals surface area contributed by atoms with Crippen LogP contribution in [0.25, 0.3) is 0 Å². The molecule has 6 heteroatoms. The molecule has 1 unspecified atom stereocenters. The Morgan fingerprint density at radius 3 is 0.966 bits per heavy atom. The number of hydrogen-bond donors (Lipinski definition) is 0. The van der Waals surface area contributed by atoms with E-state index in [4.69, 9.17) is 14.2 Å². The highest BCUT2D eigenvalue weighted by atomic mass is 16.6. The lowest BCUT2D eigenvalue weighted by Crippen LogP contribution is -2.30. The van der Waals surface area contributed by atoms with Crippen LogP contribution in [0.15, 0.2) is 0 Å². The molecule has 0 rings (SSSR count). The number of carbonyl (C=O) groups is 3. The van der Waals surface area contributed by atoms with Gasteiger partial charge in [-0.15, -0.1) is 0 Å². The number of esters is 3. The fourth-order valence-corrected chi connectivity index (χ4v) is 7.96. The van der Waals surface area contributed by atoms with Crippen molar-refractivity contribution in [3.8, 4) is 0 Å². The zero-order chi connectivity index (χ0) is 43.3. The fraction of sp³-hybridized carbons (Fsp3) is 0.943. The molecule has 0 saturated heterocycles. The van der Waals surface area contributed by atoms with Gasteiger partial charge < -0.3 is 14.2 Å². The van der Waals surface area contributed by atoms with Gasteiger partial charge in [0.2, 0.25) is 0 Å². The number of ether oxygens (including phenoxy) is 3. The maximum absolute atomic E-state index is 12.8. The van der Waals surface area contributed by atoms with E-state index in [1.54, 1.807) is 0 Å². The van der Waals surface area contributed by atoms with E-state index in [2.05, 4.69) is 34.6 Å². The number of hydrogen-bond acceptors (Lipinski definition) is 6. The van der Waals surface area contributed by atoms with E-state index in [1.807, 2.05) is 0 Å². The van der Waals surface area contributed by atoms with E-state index < -0.39 is 6.10 Å². The van der Waals surface area contributed by atoms with Gasteiger partial charge in [-0.1, -0.05) is 253 Å². The van der Waals surface area contributed by atoms with Crippen LogP contribution in [0, 0.1) is 11.8 Å². The SMILES string of the molecule is CCCCCCCCCCCCCCCCCCC(=O)O[C@@H](COC(=O)CCCCCCCCCCCCC(C)C)COC(=O)CCCCCCCCCCC(C)CC. The topological polar surface area (TPSA) is 78.9 Å². The molecule has 0 amide bonds. The summed E-state index contributed by atoms with van der Waals surface area (Å²) in [5.74, 6) is 0.818. The lowest BCUT2D eigenvalue weighted by atomic mass is 9.99. The minimum atomic E-state index is -0.762. The van der Waals surface area contributed by atoms with E-state index in [9.17, 15) is 14.4 Å². The van der Waals surface area contributed by atoms with Crippen LogP contribution in [-0.4, -0.2) is 37.2 Å². The summed E-state index contributed by atoms with van der Waals surface area (Å²) in [7, 11) is 0.